The maximum atomic E-state index is 12.6. The van der Waals surface area contributed by atoms with E-state index in [0.29, 0.717) is 12.2 Å². The van der Waals surface area contributed by atoms with Gasteiger partial charge in [-0.2, -0.15) is 5.26 Å². The molecule has 0 saturated heterocycles. The number of Topliss-reactive ketones (excluding diaryl/α,β-unsaturated/α-hetero) is 1. The Hall–Kier alpha value is -2.00. The number of rotatable bonds is 6. The van der Waals surface area contributed by atoms with Crippen LogP contribution in [-0.2, 0) is 0 Å². The summed E-state index contributed by atoms with van der Waals surface area (Å²) in [6, 6.07) is 10.8. The summed E-state index contributed by atoms with van der Waals surface area (Å²) in [5.41, 5.74) is 0.486. The van der Waals surface area contributed by atoms with Crippen molar-refractivity contribution in [1.82, 2.24) is 0 Å². The first kappa shape index (κ1) is 20.3. The zero-order valence-electron chi connectivity index (χ0n) is 13.5. The first-order valence-corrected chi connectivity index (χ1v) is 9.56. The van der Waals surface area contributed by atoms with Gasteiger partial charge in [0, 0.05) is 17.7 Å². The third-order valence-corrected chi connectivity index (χ3v) is 4.91. The Morgan fingerprint density at radius 2 is 1.96 bits per heavy atom. The number of nitro benzene ring substituents is 1. The normalized spacial score (nSPS) is 10.9. The second-order valence-corrected chi connectivity index (χ2v) is 7.38. The number of benzene rings is 2. The lowest BCUT2D eigenvalue weighted by Gasteiger charge is -2.09. The molecule has 0 aromatic heterocycles. The molecule has 0 aliphatic carbocycles. The van der Waals surface area contributed by atoms with Crippen molar-refractivity contribution < 1.29 is 14.5 Å². The maximum absolute atomic E-state index is 12.6. The molecule has 0 bridgehead atoms. The van der Waals surface area contributed by atoms with E-state index in [1.807, 2.05) is 25.1 Å². The van der Waals surface area contributed by atoms with E-state index in [4.69, 9.17) is 4.74 Å². The second-order valence-electron chi connectivity index (χ2n) is 5.05. The van der Waals surface area contributed by atoms with Crippen LogP contribution in [0, 0.1) is 28.6 Å². The van der Waals surface area contributed by atoms with E-state index in [1.165, 1.54) is 30.3 Å². The van der Waals surface area contributed by atoms with Gasteiger partial charge in [-0.1, -0.05) is 12.1 Å². The molecule has 0 atom stereocenters. The van der Waals surface area contributed by atoms with E-state index in [1.54, 1.807) is 0 Å². The fraction of sp³-hybridized carbons (Fsp3) is 0.111. The third-order valence-electron chi connectivity index (χ3n) is 3.30. The minimum atomic E-state index is -0.580. The van der Waals surface area contributed by atoms with E-state index in [2.05, 4.69) is 45.2 Å². The van der Waals surface area contributed by atoms with Crippen LogP contribution in [0.5, 0.6) is 5.75 Å². The van der Waals surface area contributed by atoms with Crippen molar-refractivity contribution in [2.24, 2.45) is 0 Å². The SMILES string of the molecule is CCOc1c(I)cc(/C=C(\C#N)C(=O)c2cccc([N+](=O)[O-])c2)cc1I. The summed E-state index contributed by atoms with van der Waals surface area (Å²) in [7, 11) is 0. The van der Waals surface area contributed by atoms with Gasteiger partial charge in [0.15, 0.2) is 0 Å². The molecule has 0 radical (unpaired) electrons. The van der Waals surface area contributed by atoms with Crippen molar-refractivity contribution in [3.63, 3.8) is 0 Å². The molecule has 0 saturated carbocycles. The fourth-order valence-electron chi connectivity index (χ4n) is 2.18. The molecule has 0 N–H and O–H groups in total. The number of nitriles is 1. The van der Waals surface area contributed by atoms with Gasteiger partial charge >= 0.3 is 0 Å². The molecular formula is C18H12I2N2O4. The quantitative estimate of drug-likeness (QED) is 0.121. The molecule has 0 fully saturated rings. The number of non-ortho nitro benzene ring substituents is 1. The number of carbonyl (C=O) groups excluding carboxylic acids is 1. The average Bonchev–Trinajstić information content (AvgIpc) is 2.62. The summed E-state index contributed by atoms with van der Waals surface area (Å²) in [5.74, 6) is 0.199. The van der Waals surface area contributed by atoms with E-state index in [-0.39, 0.29) is 16.8 Å². The monoisotopic (exact) mass is 574 g/mol. The van der Waals surface area contributed by atoms with Crippen molar-refractivity contribution in [3.05, 3.63) is 70.4 Å². The smallest absolute Gasteiger partial charge is 0.270 e. The highest BCUT2D eigenvalue weighted by Gasteiger charge is 2.16. The van der Waals surface area contributed by atoms with Crippen LogP contribution in [0.3, 0.4) is 0 Å². The molecule has 0 amide bonds. The molecular weight excluding hydrogens is 562 g/mol. The summed E-state index contributed by atoms with van der Waals surface area (Å²) in [6.45, 7) is 2.43. The molecule has 6 nitrogen and oxygen atoms in total. The number of nitro groups is 1. The first-order valence-electron chi connectivity index (χ1n) is 7.40. The number of carbonyl (C=O) groups is 1. The molecule has 0 aliphatic heterocycles. The second kappa shape index (κ2) is 9.09. The first-order chi connectivity index (χ1) is 12.4. The Kier molecular flexibility index (Phi) is 7.10. The molecule has 2 rings (SSSR count). The number of ketones is 1. The number of hydrogen-bond donors (Lipinski definition) is 0. The van der Waals surface area contributed by atoms with Crippen LogP contribution in [-0.4, -0.2) is 17.3 Å². The highest BCUT2D eigenvalue weighted by Crippen LogP contribution is 2.30. The maximum Gasteiger partial charge on any atom is 0.270 e. The molecule has 132 valence electrons. The minimum absolute atomic E-state index is 0.0961. The van der Waals surface area contributed by atoms with Gasteiger partial charge in [0.2, 0.25) is 5.78 Å². The lowest BCUT2D eigenvalue weighted by Crippen LogP contribution is -2.03. The molecule has 26 heavy (non-hydrogen) atoms. The lowest BCUT2D eigenvalue weighted by molar-refractivity contribution is -0.384. The van der Waals surface area contributed by atoms with Gasteiger partial charge in [0.05, 0.1) is 18.7 Å². The van der Waals surface area contributed by atoms with Gasteiger partial charge in [0.25, 0.3) is 5.69 Å². The van der Waals surface area contributed by atoms with Crippen LogP contribution < -0.4 is 4.74 Å². The number of halogens is 2. The fourth-order valence-corrected chi connectivity index (χ4v) is 4.30. The highest BCUT2D eigenvalue weighted by atomic mass is 127. The Bertz CT molecular complexity index is 925. The largest absolute Gasteiger partial charge is 0.492 e. The van der Waals surface area contributed by atoms with Crippen molar-refractivity contribution in [2.75, 3.05) is 6.61 Å². The van der Waals surface area contributed by atoms with Crippen LogP contribution in [0.1, 0.15) is 22.8 Å². The Morgan fingerprint density at radius 1 is 1.31 bits per heavy atom. The van der Waals surface area contributed by atoms with Crippen LogP contribution in [0.2, 0.25) is 0 Å². The van der Waals surface area contributed by atoms with Gasteiger partial charge in [-0.15, -0.1) is 0 Å². The summed E-state index contributed by atoms with van der Waals surface area (Å²) < 4.78 is 7.30. The zero-order valence-corrected chi connectivity index (χ0v) is 17.8. The number of allylic oxidation sites excluding steroid dienone is 1. The number of ether oxygens (including phenoxy) is 1. The Morgan fingerprint density at radius 3 is 2.50 bits per heavy atom. The standard InChI is InChI=1S/C18H12I2N2O4/c1-2-26-18-15(19)7-11(8-16(18)20)6-13(10-21)17(23)12-4-3-5-14(9-12)22(24)25/h3-9H,2H2,1H3/b13-6+. The van der Waals surface area contributed by atoms with E-state index < -0.39 is 10.7 Å². The van der Waals surface area contributed by atoms with E-state index in [0.717, 1.165) is 12.9 Å². The van der Waals surface area contributed by atoms with Gasteiger partial charge in [-0.3, -0.25) is 14.9 Å². The molecule has 2 aromatic carbocycles. The Labute approximate surface area is 177 Å². The molecule has 0 aliphatic rings. The number of hydrogen-bond acceptors (Lipinski definition) is 5. The zero-order chi connectivity index (χ0) is 19.3. The summed E-state index contributed by atoms with van der Waals surface area (Å²) in [4.78, 5) is 22.8. The topological polar surface area (TPSA) is 93.2 Å². The van der Waals surface area contributed by atoms with Crippen molar-refractivity contribution in [3.8, 4) is 11.8 Å². The van der Waals surface area contributed by atoms with Crippen LogP contribution in [0.15, 0.2) is 42.0 Å². The average molecular weight is 574 g/mol. The molecule has 0 unspecified atom stereocenters. The number of nitrogens with zero attached hydrogens (tertiary/aromatic N) is 2. The molecule has 8 heteroatoms. The van der Waals surface area contributed by atoms with Gasteiger partial charge in [-0.05, 0) is 75.9 Å². The van der Waals surface area contributed by atoms with Crippen LogP contribution in [0.25, 0.3) is 6.08 Å². The summed E-state index contributed by atoms with van der Waals surface area (Å²) in [5, 5.41) is 20.2. The Balaban J connectivity index is 2.42. The van der Waals surface area contributed by atoms with Gasteiger partial charge in [-0.25, -0.2) is 0 Å². The van der Waals surface area contributed by atoms with Crippen molar-refractivity contribution in [2.45, 2.75) is 6.92 Å². The molecule has 0 heterocycles. The summed E-state index contributed by atoms with van der Waals surface area (Å²) in [6.07, 6.45) is 1.47. The predicted molar refractivity (Wildman–Crippen MR) is 114 cm³/mol. The van der Waals surface area contributed by atoms with E-state index >= 15 is 0 Å². The van der Waals surface area contributed by atoms with Crippen LogP contribution in [0.4, 0.5) is 5.69 Å². The molecule has 0 spiro atoms. The third kappa shape index (κ3) is 4.79. The van der Waals surface area contributed by atoms with Crippen molar-refractivity contribution in [1.29, 1.82) is 5.26 Å². The van der Waals surface area contributed by atoms with E-state index in [9.17, 15) is 20.2 Å². The van der Waals surface area contributed by atoms with Crippen molar-refractivity contribution >= 4 is 62.7 Å². The van der Waals surface area contributed by atoms with Crippen LogP contribution >= 0.6 is 45.2 Å². The summed E-state index contributed by atoms with van der Waals surface area (Å²) >= 11 is 4.26. The predicted octanol–water partition coefficient (Wildman–Crippen LogP) is 4.99. The minimum Gasteiger partial charge on any atom is -0.492 e. The molecule has 2 aromatic rings. The lowest BCUT2D eigenvalue weighted by atomic mass is 10.0. The van der Waals surface area contributed by atoms with Gasteiger partial charge in [0.1, 0.15) is 17.4 Å². The highest BCUT2D eigenvalue weighted by molar-refractivity contribution is 14.1. The van der Waals surface area contributed by atoms with Gasteiger partial charge < -0.3 is 4.74 Å².